The third kappa shape index (κ3) is 7.27. The fraction of sp³-hybridized carbons (Fsp3) is 0.346. The molecule has 0 atom stereocenters. The van der Waals surface area contributed by atoms with Crippen LogP contribution < -0.4 is 9.08 Å². The number of thiophene rings is 1. The van der Waals surface area contributed by atoms with Crippen molar-refractivity contribution >= 4 is 33.0 Å². The van der Waals surface area contributed by atoms with Crippen LogP contribution in [-0.2, 0) is 27.6 Å². The number of anilines is 1. The number of benzene rings is 2. The van der Waals surface area contributed by atoms with Gasteiger partial charge in [0.15, 0.2) is 0 Å². The molecular weight excluding hydrogens is 541 g/mol. The monoisotopic (exact) mass is 570 g/mol. The molecule has 38 heavy (non-hydrogen) atoms. The van der Waals surface area contributed by atoms with Gasteiger partial charge in [0.2, 0.25) is 0 Å². The highest BCUT2D eigenvalue weighted by molar-refractivity contribution is 7.87. The molecule has 1 aromatic heterocycles. The summed E-state index contributed by atoms with van der Waals surface area (Å²) in [6, 6.07) is 11.8. The van der Waals surface area contributed by atoms with E-state index in [1.54, 1.807) is 29.6 Å². The lowest BCUT2D eigenvalue weighted by atomic mass is 10.1. The quantitative estimate of drug-likeness (QED) is 0.261. The van der Waals surface area contributed by atoms with Gasteiger partial charge in [-0.15, -0.1) is 11.3 Å². The van der Waals surface area contributed by atoms with E-state index in [2.05, 4.69) is 0 Å². The molecule has 2 aromatic carbocycles. The number of rotatable bonds is 12. The second-order valence-corrected chi connectivity index (χ2v) is 10.7. The van der Waals surface area contributed by atoms with Gasteiger partial charge in [0.1, 0.15) is 10.6 Å². The Morgan fingerprint density at radius 3 is 2.37 bits per heavy atom. The van der Waals surface area contributed by atoms with Crippen molar-refractivity contribution in [1.82, 2.24) is 4.90 Å². The van der Waals surface area contributed by atoms with Crippen molar-refractivity contribution < 1.29 is 35.3 Å². The first kappa shape index (κ1) is 29.5. The molecule has 3 aromatic rings. The number of hydrogen-bond donors (Lipinski definition) is 0. The predicted molar refractivity (Wildman–Crippen MR) is 140 cm³/mol. The summed E-state index contributed by atoms with van der Waals surface area (Å²) in [7, 11) is -3.13. The third-order valence-corrected chi connectivity index (χ3v) is 7.86. The molecule has 7 nitrogen and oxygen atoms in total. The average molecular weight is 571 g/mol. The summed E-state index contributed by atoms with van der Waals surface area (Å²) in [6.07, 6.45) is -4.72. The number of alkyl halides is 3. The molecule has 0 saturated heterocycles. The number of hydrogen-bond acceptors (Lipinski definition) is 7. The van der Waals surface area contributed by atoms with Crippen LogP contribution >= 0.6 is 11.3 Å². The predicted octanol–water partition coefficient (Wildman–Crippen LogP) is 5.67. The Kier molecular flexibility index (Phi) is 9.80. The lowest BCUT2D eigenvalue weighted by Crippen LogP contribution is -2.33. The molecule has 0 spiro atoms. The molecule has 0 saturated carbocycles. The van der Waals surface area contributed by atoms with Crippen LogP contribution in [0.1, 0.15) is 34.6 Å². The molecule has 0 aliphatic carbocycles. The van der Waals surface area contributed by atoms with Crippen LogP contribution in [0.4, 0.5) is 18.9 Å². The van der Waals surface area contributed by atoms with Gasteiger partial charge in [-0.05, 0) is 49.6 Å². The number of nitrogens with zero attached hydrogens (tertiary/aromatic N) is 2. The number of carbonyl (C=O) groups excluding carboxylic acids is 1. The zero-order valence-corrected chi connectivity index (χ0v) is 22.8. The summed E-state index contributed by atoms with van der Waals surface area (Å²) in [5, 5.41) is 1.77. The molecule has 206 valence electrons. The minimum atomic E-state index is -4.72. The Labute approximate surface area is 224 Å². The van der Waals surface area contributed by atoms with Gasteiger partial charge in [-0.1, -0.05) is 18.2 Å². The maximum atomic E-state index is 13.2. The van der Waals surface area contributed by atoms with E-state index in [1.165, 1.54) is 29.4 Å². The number of amides is 1. The molecule has 1 amide bonds. The van der Waals surface area contributed by atoms with Crippen LogP contribution in [0, 0.1) is 0 Å². The molecular formula is C26H29F3N2O5S2. The standard InChI is InChI=1S/C26H29F3N2O5S2/c1-4-30(5-2)21-12-11-19(18-31(13-14-35-3)25(32)24-10-7-15-37-24)23(17-21)36-38(33,34)22-9-6-8-20(16-22)26(27,28)29/h6-12,15-17H,4-5,13-14,18H2,1-3H3. The first-order valence-corrected chi connectivity index (χ1v) is 14.1. The van der Waals surface area contributed by atoms with E-state index >= 15 is 0 Å². The van der Waals surface area contributed by atoms with E-state index in [1.807, 2.05) is 18.7 Å². The molecule has 0 aliphatic rings. The van der Waals surface area contributed by atoms with Crippen LogP contribution in [-0.4, -0.2) is 52.6 Å². The molecule has 1 heterocycles. The van der Waals surface area contributed by atoms with E-state index < -0.39 is 26.8 Å². The average Bonchev–Trinajstić information content (AvgIpc) is 3.42. The van der Waals surface area contributed by atoms with Gasteiger partial charge in [0.25, 0.3) is 5.91 Å². The zero-order chi connectivity index (χ0) is 27.9. The number of methoxy groups -OCH3 is 1. The van der Waals surface area contributed by atoms with Gasteiger partial charge in [0, 0.05) is 50.6 Å². The Morgan fingerprint density at radius 2 is 1.76 bits per heavy atom. The molecule has 0 aliphatic heterocycles. The second kappa shape index (κ2) is 12.6. The summed E-state index contributed by atoms with van der Waals surface area (Å²) in [5.41, 5.74) is -0.0648. The highest BCUT2D eigenvalue weighted by Gasteiger charge is 2.32. The molecule has 12 heteroatoms. The lowest BCUT2D eigenvalue weighted by molar-refractivity contribution is -0.137. The molecule has 0 N–H and O–H groups in total. The van der Waals surface area contributed by atoms with Crippen LogP contribution in [0.3, 0.4) is 0 Å². The fourth-order valence-electron chi connectivity index (χ4n) is 3.75. The summed E-state index contributed by atoms with van der Waals surface area (Å²) < 4.78 is 76.5. The van der Waals surface area contributed by atoms with E-state index in [0.29, 0.717) is 35.3 Å². The minimum absolute atomic E-state index is 0.00787. The number of ether oxygens (including phenoxy) is 1. The first-order valence-electron chi connectivity index (χ1n) is 11.8. The largest absolute Gasteiger partial charge is 0.416 e. The highest BCUT2D eigenvalue weighted by atomic mass is 32.2. The molecule has 0 fully saturated rings. The summed E-state index contributed by atoms with van der Waals surface area (Å²) >= 11 is 1.27. The SMILES string of the molecule is CCN(CC)c1ccc(CN(CCOC)C(=O)c2cccs2)c(OS(=O)(=O)c2cccc(C(F)(F)F)c2)c1. The second-order valence-electron chi connectivity index (χ2n) is 8.22. The Hall–Kier alpha value is -3.09. The fourth-order valence-corrected chi connectivity index (χ4v) is 5.44. The maximum Gasteiger partial charge on any atom is 0.416 e. The number of carbonyl (C=O) groups is 1. The van der Waals surface area contributed by atoms with E-state index in [-0.39, 0.29) is 31.4 Å². The Bertz CT molecular complexity index is 1320. The molecule has 0 unspecified atom stereocenters. The van der Waals surface area contributed by atoms with Crippen molar-refractivity contribution in [2.75, 3.05) is 38.3 Å². The van der Waals surface area contributed by atoms with E-state index in [0.717, 1.165) is 18.2 Å². The van der Waals surface area contributed by atoms with E-state index in [9.17, 15) is 26.4 Å². The normalized spacial score (nSPS) is 11.8. The Morgan fingerprint density at radius 1 is 1.03 bits per heavy atom. The van der Waals surface area contributed by atoms with Crippen molar-refractivity contribution in [2.24, 2.45) is 0 Å². The van der Waals surface area contributed by atoms with E-state index in [4.69, 9.17) is 8.92 Å². The topological polar surface area (TPSA) is 76.2 Å². The molecule has 3 rings (SSSR count). The van der Waals surface area contributed by atoms with Gasteiger partial charge < -0.3 is 18.7 Å². The highest BCUT2D eigenvalue weighted by Crippen LogP contribution is 2.33. The minimum Gasteiger partial charge on any atom is -0.383 e. The van der Waals surface area contributed by atoms with Crippen molar-refractivity contribution in [1.29, 1.82) is 0 Å². The van der Waals surface area contributed by atoms with Crippen LogP contribution in [0.25, 0.3) is 0 Å². The Balaban J connectivity index is 2.03. The van der Waals surface area contributed by atoms with Gasteiger partial charge in [-0.25, -0.2) is 0 Å². The zero-order valence-electron chi connectivity index (χ0n) is 21.2. The summed E-state index contributed by atoms with van der Waals surface area (Å²) in [4.78, 5) is 16.5. The van der Waals surface area contributed by atoms with Gasteiger partial charge >= 0.3 is 16.3 Å². The van der Waals surface area contributed by atoms with Gasteiger partial charge in [-0.3, -0.25) is 4.79 Å². The molecule has 0 radical (unpaired) electrons. The number of halogens is 3. The van der Waals surface area contributed by atoms with Gasteiger partial charge in [0.05, 0.1) is 17.0 Å². The van der Waals surface area contributed by atoms with Crippen molar-refractivity contribution in [2.45, 2.75) is 31.5 Å². The smallest absolute Gasteiger partial charge is 0.383 e. The first-order chi connectivity index (χ1) is 18.0. The lowest BCUT2D eigenvalue weighted by Gasteiger charge is -2.25. The van der Waals surface area contributed by atoms with Crippen LogP contribution in [0.2, 0.25) is 0 Å². The summed E-state index contributed by atoms with van der Waals surface area (Å²) in [5.74, 6) is -0.343. The van der Waals surface area contributed by atoms with Crippen molar-refractivity contribution in [3.8, 4) is 5.75 Å². The molecule has 0 bridgehead atoms. The van der Waals surface area contributed by atoms with Crippen molar-refractivity contribution in [3.63, 3.8) is 0 Å². The van der Waals surface area contributed by atoms with Crippen LogP contribution in [0.15, 0.2) is 64.9 Å². The van der Waals surface area contributed by atoms with Crippen molar-refractivity contribution in [3.05, 3.63) is 76.0 Å². The summed E-state index contributed by atoms with van der Waals surface area (Å²) in [6.45, 7) is 5.59. The van der Waals surface area contributed by atoms with Gasteiger partial charge in [-0.2, -0.15) is 21.6 Å². The van der Waals surface area contributed by atoms with Crippen LogP contribution in [0.5, 0.6) is 5.75 Å². The maximum absolute atomic E-state index is 13.2. The third-order valence-electron chi connectivity index (χ3n) is 5.77.